The van der Waals surface area contributed by atoms with E-state index in [1.54, 1.807) is 0 Å². The first kappa shape index (κ1) is 13.8. The van der Waals surface area contributed by atoms with Crippen LogP contribution in [0.25, 0.3) is 10.9 Å². The van der Waals surface area contributed by atoms with E-state index in [1.165, 1.54) is 6.92 Å². The number of para-hydroxylation sites is 1. The molecule has 5 nitrogen and oxygen atoms in total. The third-order valence-corrected chi connectivity index (χ3v) is 2.28. The highest BCUT2D eigenvalue weighted by Crippen LogP contribution is 2.18. The normalized spacial score (nSPS) is 9.61. The largest absolute Gasteiger partial charge is 0.481 e. The number of benzene rings is 1. The van der Waals surface area contributed by atoms with Gasteiger partial charge in [-0.05, 0) is 18.1 Å². The fourth-order valence-electron chi connectivity index (χ4n) is 1.58. The van der Waals surface area contributed by atoms with Gasteiger partial charge >= 0.3 is 5.97 Å². The molecule has 0 radical (unpaired) electrons. The molecule has 1 aromatic carbocycles. The molecule has 0 fully saturated rings. The van der Waals surface area contributed by atoms with Gasteiger partial charge in [-0.3, -0.25) is 9.59 Å². The first-order valence-electron chi connectivity index (χ1n) is 5.53. The summed E-state index contributed by atoms with van der Waals surface area (Å²) in [6.07, 6.45) is 2.65. The number of hydrogen-bond acceptors (Lipinski definition) is 2. The molecule has 4 N–H and O–H groups in total. The summed E-state index contributed by atoms with van der Waals surface area (Å²) in [5.41, 5.74) is 6.61. The van der Waals surface area contributed by atoms with Gasteiger partial charge in [-0.2, -0.15) is 0 Å². The Hall–Kier alpha value is -2.30. The average Bonchev–Trinajstić information content (AvgIpc) is 2.69. The van der Waals surface area contributed by atoms with E-state index in [2.05, 4.69) is 10.7 Å². The van der Waals surface area contributed by atoms with Crippen LogP contribution in [0.5, 0.6) is 0 Å². The number of H-pyrrole nitrogens is 1. The van der Waals surface area contributed by atoms with Crippen molar-refractivity contribution < 1.29 is 14.7 Å². The van der Waals surface area contributed by atoms with Gasteiger partial charge in [0.15, 0.2) is 0 Å². The van der Waals surface area contributed by atoms with Crippen molar-refractivity contribution in [2.45, 2.75) is 19.8 Å². The van der Waals surface area contributed by atoms with E-state index in [9.17, 15) is 9.59 Å². The van der Waals surface area contributed by atoms with Crippen LogP contribution in [0.2, 0.25) is 0 Å². The summed E-state index contributed by atoms with van der Waals surface area (Å²) >= 11 is 0. The van der Waals surface area contributed by atoms with Gasteiger partial charge in [0.05, 0.1) is 0 Å². The zero-order valence-electron chi connectivity index (χ0n) is 10.1. The number of rotatable bonds is 3. The summed E-state index contributed by atoms with van der Waals surface area (Å²) < 4.78 is 0. The lowest BCUT2D eigenvalue weighted by atomic mass is 10.1. The van der Waals surface area contributed by atoms with Gasteiger partial charge < -0.3 is 15.8 Å². The second-order valence-electron chi connectivity index (χ2n) is 3.86. The van der Waals surface area contributed by atoms with E-state index < -0.39 is 5.97 Å². The van der Waals surface area contributed by atoms with Crippen molar-refractivity contribution in [3.05, 3.63) is 36.0 Å². The number of carbonyl (C=O) groups is 2. The maximum absolute atomic E-state index is 10.4. The SMILES string of the molecule is CC(N)=O.O=C(O)CCc1c[nH]c2ccccc12. The first-order chi connectivity index (χ1) is 8.50. The molecule has 1 heterocycles. The van der Waals surface area contributed by atoms with Crippen molar-refractivity contribution in [2.75, 3.05) is 0 Å². The van der Waals surface area contributed by atoms with Gasteiger partial charge in [-0.25, -0.2) is 0 Å². The molecule has 2 rings (SSSR count). The van der Waals surface area contributed by atoms with Crippen LogP contribution in [0.4, 0.5) is 0 Å². The molecule has 0 bridgehead atoms. The molecule has 18 heavy (non-hydrogen) atoms. The number of hydrogen-bond donors (Lipinski definition) is 3. The molecule has 1 amide bonds. The van der Waals surface area contributed by atoms with Crippen molar-refractivity contribution in [1.29, 1.82) is 0 Å². The average molecular weight is 248 g/mol. The first-order valence-corrected chi connectivity index (χ1v) is 5.53. The Kier molecular flexibility index (Phi) is 4.92. The summed E-state index contributed by atoms with van der Waals surface area (Å²) in [5, 5.41) is 9.69. The summed E-state index contributed by atoms with van der Waals surface area (Å²) in [6.45, 7) is 1.31. The number of aryl methyl sites for hydroxylation is 1. The number of nitrogens with two attached hydrogens (primary N) is 1. The van der Waals surface area contributed by atoms with E-state index in [1.807, 2.05) is 30.5 Å². The Balaban J connectivity index is 0.000000357. The number of aromatic nitrogens is 1. The number of aliphatic carboxylic acids is 1. The quantitative estimate of drug-likeness (QED) is 0.770. The van der Waals surface area contributed by atoms with Gasteiger partial charge in [0.25, 0.3) is 0 Å². The molecule has 0 aliphatic carbocycles. The molecule has 0 atom stereocenters. The van der Waals surface area contributed by atoms with Crippen LogP contribution < -0.4 is 5.73 Å². The number of carboxylic acid groups (broad SMARTS) is 1. The molecule has 0 aliphatic rings. The minimum absolute atomic E-state index is 0.182. The summed E-state index contributed by atoms with van der Waals surface area (Å²) in [4.78, 5) is 22.8. The standard InChI is InChI=1S/C11H11NO2.C2H5NO/c13-11(14)6-5-8-7-12-10-4-2-1-3-9(8)10;1-2(3)4/h1-4,7,12H,5-6H2,(H,13,14);1H3,(H2,3,4). The minimum Gasteiger partial charge on any atom is -0.481 e. The van der Waals surface area contributed by atoms with E-state index in [0.717, 1.165) is 16.5 Å². The van der Waals surface area contributed by atoms with E-state index in [-0.39, 0.29) is 12.3 Å². The number of primary amides is 1. The highest BCUT2D eigenvalue weighted by Gasteiger charge is 2.04. The second-order valence-corrected chi connectivity index (χ2v) is 3.86. The number of aromatic amines is 1. The predicted octanol–water partition coefficient (Wildman–Crippen LogP) is 1.68. The summed E-state index contributed by atoms with van der Waals surface area (Å²) in [7, 11) is 0. The summed E-state index contributed by atoms with van der Waals surface area (Å²) in [5.74, 6) is -1.09. The van der Waals surface area contributed by atoms with Gasteiger partial charge in [0, 0.05) is 30.4 Å². The lowest BCUT2D eigenvalue weighted by molar-refractivity contribution is -0.137. The monoisotopic (exact) mass is 248 g/mol. The van der Waals surface area contributed by atoms with Crippen molar-refractivity contribution in [3.63, 3.8) is 0 Å². The Morgan fingerprint density at radius 2 is 1.94 bits per heavy atom. The van der Waals surface area contributed by atoms with Crippen LogP contribution in [0.3, 0.4) is 0 Å². The number of carboxylic acids is 1. The zero-order valence-corrected chi connectivity index (χ0v) is 10.1. The molecule has 2 aromatic rings. The number of fused-ring (bicyclic) bond motifs is 1. The molecule has 5 heteroatoms. The second kappa shape index (κ2) is 6.44. The molecule has 0 saturated carbocycles. The highest BCUT2D eigenvalue weighted by molar-refractivity contribution is 5.83. The number of nitrogens with one attached hydrogen (secondary N) is 1. The fraction of sp³-hybridized carbons (Fsp3) is 0.231. The summed E-state index contributed by atoms with van der Waals surface area (Å²) in [6, 6.07) is 7.91. The maximum atomic E-state index is 10.4. The van der Waals surface area contributed by atoms with Crippen LogP contribution in [0.15, 0.2) is 30.5 Å². The molecule has 0 saturated heterocycles. The Morgan fingerprint density at radius 3 is 2.56 bits per heavy atom. The van der Waals surface area contributed by atoms with Crippen molar-refractivity contribution in [3.8, 4) is 0 Å². The highest BCUT2D eigenvalue weighted by atomic mass is 16.4. The molecular weight excluding hydrogens is 232 g/mol. The molecular formula is C13H16N2O3. The van der Waals surface area contributed by atoms with E-state index in [4.69, 9.17) is 5.11 Å². The van der Waals surface area contributed by atoms with Gasteiger partial charge in [0.2, 0.25) is 5.91 Å². The third kappa shape index (κ3) is 4.29. The smallest absolute Gasteiger partial charge is 0.303 e. The van der Waals surface area contributed by atoms with E-state index in [0.29, 0.717) is 6.42 Å². The van der Waals surface area contributed by atoms with Crippen molar-refractivity contribution in [1.82, 2.24) is 4.98 Å². The predicted molar refractivity (Wildman–Crippen MR) is 69.1 cm³/mol. The minimum atomic E-state index is -0.754. The Bertz CT molecular complexity index is 542. The fourth-order valence-corrected chi connectivity index (χ4v) is 1.58. The third-order valence-electron chi connectivity index (χ3n) is 2.28. The molecule has 0 unspecified atom stereocenters. The van der Waals surface area contributed by atoms with Crippen molar-refractivity contribution in [2.24, 2.45) is 5.73 Å². The van der Waals surface area contributed by atoms with Crippen LogP contribution >= 0.6 is 0 Å². The van der Waals surface area contributed by atoms with Gasteiger partial charge in [-0.15, -0.1) is 0 Å². The molecule has 0 aliphatic heterocycles. The van der Waals surface area contributed by atoms with Crippen molar-refractivity contribution >= 4 is 22.8 Å². The number of amides is 1. The topological polar surface area (TPSA) is 96.2 Å². The van der Waals surface area contributed by atoms with Crippen LogP contribution in [-0.4, -0.2) is 22.0 Å². The van der Waals surface area contributed by atoms with Gasteiger partial charge in [0.1, 0.15) is 0 Å². The van der Waals surface area contributed by atoms with Crippen LogP contribution in [0, 0.1) is 0 Å². The maximum Gasteiger partial charge on any atom is 0.303 e. The van der Waals surface area contributed by atoms with Crippen LogP contribution in [0.1, 0.15) is 18.9 Å². The molecule has 96 valence electrons. The molecule has 1 aromatic heterocycles. The Labute approximate surface area is 105 Å². The number of carbonyl (C=O) groups excluding carboxylic acids is 1. The van der Waals surface area contributed by atoms with E-state index >= 15 is 0 Å². The lowest BCUT2D eigenvalue weighted by Gasteiger charge is -1.95. The van der Waals surface area contributed by atoms with Crippen LogP contribution in [-0.2, 0) is 16.0 Å². The lowest BCUT2D eigenvalue weighted by Crippen LogP contribution is -2.01. The Morgan fingerprint density at radius 1 is 1.33 bits per heavy atom. The van der Waals surface area contributed by atoms with Gasteiger partial charge in [-0.1, -0.05) is 18.2 Å². The molecule has 0 spiro atoms. The zero-order chi connectivity index (χ0) is 13.5.